The molecule has 0 saturated heterocycles. The second-order valence-electron chi connectivity index (χ2n) is 5.60. The smallest absolute Gasteiger partial charge is 0.256 e. The fraction of sp³-hybridized carbons (Fsp3) is 0. The molecule has 26 heavy (non-hydrogen) atoms. The lowest BCUT2D eigenvalue weighted by Gasteiger charge is -2.12. The molecular formula is C22H18N2OS. The molecule has 0 aromatic heterocycles. The lowest BCUT2D eigenvalue weighted by Crippen LogP contribution is -2.28. The highest BCUT2D eigenvalue weighted by Crippen LogP contribution is 2.18. The average molecular weight is 358 g/mol. The molecule has 0 spiro atoms. The van der Waals surface area contributed by atoms with Crippen LogP contribution in [0.25, 0.3) is 5.70 Å². The van der Waals surface area contributed by atoms with Crippen molar-refractivity contribution in [2.24, 2.45) is 0 Å². The molecule has 0 aliphatic rings. The number of para-hydroxylation sites is 1. The number of anilines is 1. The van der Waals surface area contributed by atoms with Crippen LogP contribution in [-0.2, 0) is 0 Å². The van der Waals surface area contributed by atoms with Crippen molar-refractivity contribution in [2.45, 2.75) is 0 Å². The number of carbonyl (C=O) groups excluding carboxylic acids is 1. The van der Waals surface area contributed by atoms with Crippen LogP contribution in [0, 0.1) is 0 Å². The summed E-state index contributed by atoms with van der Waals surface area (Å²) in [7, 11) is 0. The van der Waals surface area contributed by atoms with Gasteiger partial charge in [0, 0.05) is 16.9 Å². The van der Waals surface area contributed by atoms with Crippen LogP contribution >= 0.6 is 12.2 Å². The van der Waals surface area contributed by atoms with Crippen LogP contribution in [0.3, 0.4) is 0 Å². The van der Waals surface area contributed by atoms with Crippen LogP contribution < -0.4 is 10.6 Å². The van der Waals surface area contributed by atoms with Gasteiger partial charge in [-0.3, -0.25) is 4.79 Å². The second-order valence-corrected chi connectivity index (χ2v) is 6.04. The van der Waals surface area contributed by atoms with Crippen LogP contribution in [-0.4, -0.2) is 10.9 Å². The zero-order valence-corrected chi connectivity index (χ0v) is 14.9. The third-order valence-corrected chi connectivity index (χ3v) is 3.91. The van der Waals surface area contributed by atoms with Gasteiger partial charge in [0.15, 0.2) is 0 Å². The molecule has 0 fully saturated rings. The van der Waals surface area contributed by atoms with Crippen LogP contribution in [0.1, 0.15) is 15.9 Å². The van der Waals surface area contributed by atoms with Crippen molar-refractivity contribution >= 4 is 34.5 Å². The minimum absolute atomic E-state index is 0.223. The number of benzene rings is 3. The van der Waals surface area contributed by atoms with Gasteiger partial charge in [0.25, 0.3) is 5.91 Å². The van der Waals surface area contributed by atoms with Gasteiger partial charge in [-0.25, -0.2) is 0 Å². The summed E-state index contributed by atoms with van der Waals surface area (Å²) in [6, 6.07) is 28.7. The molecule has 128 valence electrons. The van der Waals surface area contributed by atoms with Gasteiger partial charge in [-0.15, -0.1) is 0 Å². The highest BCUT2D eigenvalue weighted by molar-refractivity contribution is 7.80. The lowest BCUT2D eigenvalue weighted by molar-refractivity contribution is 0.0978. The largest absolute Gasteiger partial charge is 0.355 e. The summed E-state index contributed by atoms with van der Waals surface area (Å²) in [4.78, 5) is 12.6. The normalized spacial score (nSPS) is 10.8. The SMILES string of the molecule is O=C(NC(=S)C=C(Nc1ccccc1)c1ccccc1)c1ccccc1. The predicted molar refractivity (Wildman–Crippen MR) is 111 cm³/mol. The summed E-state index contributed by atoms with van der Waals surface area (Å²) in [5.74, 6) is -0.223. The summed E-state index contributed by atoms with van der Waals surface area (Å²) in [6.45, 7) is 0. The predicted octanol–water partition coefficient (Wildman–Crippen LogP) is 4.90. The number of hydrogen-bond acceptors (Lipinski definition) is 3. The maximum atomic E-state index is 12.3. The van der Waals surface area contributed by atoms with Gasteiger partial charge < -0.3 is 10.6 Å². The first-order chi connectivity index (χ1) is 12.7. The van der Waals surface area contributed by atoms with E-state index in [9.17, 15) is 4.79 Å². The fourth-order valence-corrected chi connectivity index (χ4v) is 2.64. The molecule has 0 heterocycles. The summed E-state index contributed by atoms with van der Waals surface area (Å²) in [5.41, 5.74) is 3.31. The highest BCUT2D eigenvalue weighted by atomic mass is 32.1. The molecule has 0 aliphatic heterocycles. The summed E-state index contributed by atoms with van der Waals surface area (Å²) < 4.78 is 0. The Balaban J connectivity index is 1.81. The Morgan fingerprint density at radius 2 is 1.23 bits per heavy atom. The number of thiocarbonyl (C=S) groups is 1. The van der Waals surface area contributed by atoms with Crippen LogP contribution in [0.4, 0.5) is 5.69 Å². The monoisotopic (exact) mass is 358 g/mol. The Morgan fingerprint density at radius 3 is 1.81 bits per heavy atom. The fourth-order valence-electron chi connectivity index (χ4n) is 2.43. The van der Waals surface area contributed by atoms with Gasteiger partial charge >= 0.3 is 0 Å². The number of rotatable bonds is 5. The molecule has 0 bridgehead atoms. The minimum atomic E-state index is -0.223. The molecule has 0 radical (unpaired) electrons. The van der Waals surface area contributed by atoms with E-state index in [0.717, 1.165) is 16.9 Å². The Labute approximate surface area is 158 Å². The van der Waals surface area contributed by atoms with E-state index in [4.69, 9.17) is 12.2 Å². The molecule has 1 amide bonds. The summed E-state index contributed by atoms with van der Waals surface area (Å²) >= 11 is 5.37. The van der Waals surface area contributed by atoms with E-state index < -0.39 is 0 Å². The van der Waals surface area contributed by atoms with Crippen molar-refractivity contribution in [3.63, 3.8) is 0 Å². The third kappa shape index (κ3) is 4.88. The van der Waals surface area contributed by atoms with E-state index in [1.54, 1.807) is 18.2 Å². The van der Waals surface area contributed by atoms with Gasteiger partial charge in [0.05, 0.1) is 0 Å². The standard InChI is InChI=1S/C22H18N2OS/c25-22(18-12-6-2-7-13-18)24-21(26)16-20(17-10-4-1-5-11-17)23-19-14-8-3-9-15-19/h1-16,23H,(H,24,25,26). The number of carbonyl (C=O) groups is 1. The first kappa shape index (κ1) is 17.6. The zero-order valence-electron chi connectivity index (χ0n) is 14.1. The van der Waals surface area contributed by atoms with Gasteiger partial charge in [-0.2, -0.15) is 0 Å². The minimum Gasteiger partial charge on any atom is -0.355 e. The molecule has 0 atom stereocenters. The average Bonchev–Trinajstić information content (AvgIpc) is 2.69. The van der Waals surface area contributed by atoms with Crippen molar-refractivity contribution in [1.82, 2.24) is 5.32 Å². The topological polar surface area (TPSA) is 41.1 Å². The molecule has 3 rings (SSSR count). The Hall–Kier alpha value is -3.24. The van der Waals surface area contributed by atoms with Crippen molar-refractivity contribution in [3.8, 4) is 0 Å². The second kappa shape index (κ2) is 8.74. The van der Waals surface area contributed by atoms with E-state index in [-0.39, 0.29) is 5.91 Å². The van der Waals surface area contributed by atoms with Gasteiger partial charge in [0.1, 0.15) is 4.99 Å². The lowest BCUT2D eigenvalue weighted by atomic mass is 10.1. The third-order valence-electron chi connectivity index (χ3n) is 3.69. The van der Waals surface area contributed by atoms with Crippen LogP contribution in [0.5, 0.6) is 0 Å². The van der Waals surface area contributed by atoms with Gasteiger partial charge in [-0.05, 0) is 35.9 Å². The van der Waals surface area contributed by atoms with Crippen molar-refractivity contribution in [3.05, 3.63) is 108 Å². The molecule has 0 unspecified atom stereocenters. The van der Waals surface area contributed by atoms with E-state index >= 15 is 0 Å². The van der Waals surface area contributed by atoms with E-state index in [1.165, 1.54) is 0 Å². The summed E-state index contributed by atoms with van der Waals surface area (Å²) in [5, 5.41) is 6.12. The van der Waals surface area contributed by atoms with Gasteiger partial charge in [-0.1, -0.05) is 78.9 Å². The van der Waals surface area contributed by atoms with Crippen molar-refractivity contribution in [2.75, 3.05) is 5.32 Å². The number of hydrogen-bond donors (Lipinski definition) is 2. The molecule has 3 nitrogen and oxygen atoms in total. The zero-order chi connectivity index (χ0) is 18.2. The summed E-state index contributed by atoms with van der Waals surface area (Å²) in [6.07, 6.45) is 1.76. The van der Waals surface area contributed by atoms with E-state index in [2.05, 4.69) is 10.6 Å². The molecular weight excluding hydrogens is 340 g/mol. The van der Waals surface area contributed by atoms with E-state index in [0.29, 0.717) is 10.6 Å². The quantitative estimate of drug-likeness (QED) is 0.504. The first-order valence-electron chi connectivity index (χ1n) is 8.22. The van der Waals surface area contributed by atoms with Crippen molar-refractivity contribution in [1.29, 1.82) is 0 Å². The Kier molecular flexibility index (Phi) is 5.91. The maximum absolute atomic E-state index is 12.3. The molecule has 4 heteroatoms. The van der Waals surface area contributed by atoms with Crippen LogP contribution in [0.15, 0.2) is 97.1 Å². The maximum Gasteiger partial charge on any atom is 0.256 e. The molecule has 2 N–H and O–H groups in total. The molecule has 0 saturated carbocycles. The highest BCUT2D eigenvalue weighted by Gasteiger charge is 2.08. The molecule has 3 aromatic rings. The number of nitrogens with one attached hydrogen (secondary N) is 2. The Bertz CT molecular complexity index is 907. The van der Waals surface area contributed by atoms with Crippen molar-refractivity contribution < 1.29 is 4.79 Å². The first-order valence-corrected chi connectivity index (χ1v) is 8.63. The molecule has 3 aromatic carbocycles. The number of amides is 1. The van der Waals surface area contributed by atoms with E-state index in [1.807, 2.05) is 78.9 Å². The van der Waals surface area contributed by atoms with Gasteiger partial charge in [0.2, 0.25) is 0 Å². The molecule has 0 aliphatic carbocycles. The van der Waals surface area contributed by atoms with Crippen LogP contribution in [0.2, 0.25) is 0 Å². The Morgan fingerprint density at radius 1 is 0.731 bits per heavy atom.